The number of allylic oxidation sites excluding steroid dienone is 1. The Morgan fingerprint density at radius 3 is 1.46 bits per heavy atom. The van der Waals surface area contributed by atoms with Gasteiger partial charge in [0.05, 0.1) is 18.1 Å². The first-order chi connectivity index (χ1) is 26.4. The Morgan fingerprint density at radius 2 is 1.00 bits per heavy atom. The van der Waals surface area contributed by atoms with E-state index >= 15 is 0 Å². The molecule has 0 unspecified atom stereocenters. The van der Waals surface area contributed by atoms with E-state index in [0.717, 1.165) is 48.0 Å². The number of carbonyl (C=O) groups is 2. The van der Waals surface area contributed by atoms with Crippen LogP contribution in [0.5, 0.6) is 17.2 Å². The zero-order valence-electron chi connectivity index (χ0n) is 32.6. The van der Waals surface area contributed by atoms with E-state index in [2.05, 4.69) is 13.8 Å². The average molecular weight is 740 g/mol. The van der Waals surface area contributed by atoms with Crippen molar-refractivity contribution in [1.82, 2.24) is 0 Å². The highest BCUT2D eigenvalue weighted by Gasteiger charge is 2.20. The number of esters is 1. The number of ether oxygens (including phenoxy) is 3. The molecule has 0 heterocycles. The van der Waals surface area contributed by atoms with Crippen LogP contribution in [0.1, 0.15) is 151 Å². The summed E-state index contributed by atoms with van der Waals surface area (Å²) in [6, 6.07) is 18.5. The molecule has 3 aromatic carbocycles. The van der Waals surface area contributed by atoms with Crippen LogP contribution in [0.25, 0.3) is 12.2 Å². The number of nitro benzene ring substituents is 1. The highest BCUT2D eigenvalue weighted by molar-refractivity contribution is 6.07. The van der Waals surface area contributed by atoms with Crippen molar-refractivity contribution >= 4 is 29.6 Å². The number of hydrogen-bond acceptors (Lipinski definition) is 7. The second-order valence-electron chi connectivity index (χ2n) is 13.9. The Bertz CT molecular complexity index is 1580. The number of nitrogens with zero attached hydrogens (tertiary/aromatic N) is 1. The third-order valence-electron chi connectivity index (χ3n) is 9.28. The Labute approximate surface area is 323 Å². The first kappa shape index (κ1) is 43.7. The maximum Gasteiger partial charge on any atom is 0.336 e. The molecule has 0 N–H and O–H groups in total. The smallest absolute Gasteiger partial charge is 0.336 e. The first-order valence-electron chi connectivity index (χ1n) is 20.3. The molecule has 8 heteroatoms. The molecule has 0 bridgehead atoms. The predicted molar refractivity (Wildman–Crippen MR) is 219 cm³/mol. The highest BCUT2D eigenvalue weighted by Crippen LogP contribution is 2.29. The van der Waals surface area contributed by atoms with E-state index in [4.69, 9.17) is 14.2 Å². The summed E-state index contributed by atoms with van der Waals surface area (Å²) in [5.74, 6) is 0.0914. The fraction of sp³-hybridized carbons (Fsp3) is 0.478. The molecular formula is C46H61NO7. The number of ketones is 1. The second kappa shape index (κ2) is 27.0. The van der Waals surface area contributed by atoms with E-state index in [1.165, 1.54) is 121 Å². The lowest BCUT2D eigenvalue weighted by molar-refractivity contribution is -0.385. The molecule has 0 aromatic heterocycles. The van der Waals surface area contributed by atoms with E-state index in [-0.39, 0.29) is 11.3 Å². The summed E-state index contributed by atoms with van der Waals surface area (Å²) in [5, 5.41) is 11.8. The number of hydrogen-bond donors (Lipinski definition) is 0. The Kier molecular flexibility index (Phi) is 21.8. The number of rotatable bonds is 29. The average Bonchev–Trinajstić information content (AvgIpc) is 3.18. The lowest BCUT2D eigenvalue weighted by Crippen LogP contribution is -2.07. The Morgan fingerprint density at radius 1 is 0.574 bits per heavy atom. The predicted octanol–water partition coefficient (Wildman–Crippen LogP) is 12.9. The van der Waals surface area contributed by atoms with Crippen LogP contribution in [0.2, 0.25) is 0 Å². The van der Waals surface area contributed by atoms with Gasteiger partial charge in [-0.15, -0.1) is 0 Å². The SMILES string of the molecule is CCCCCCCCCCCCCCCCOc1ccc(/C=C/C(=O)c2ccc(OC(=O)/C=C/c3ccc(OCCCCCC)cc3)c([N+](=O)[O-])c2)cc1. The minimum atomic E-state index is -0.777. The van der Waals surface area contributed by atoms with Crippen molar-refractivity contribution in [2.24, 2.45) is 0 Å². The van der Waals surface area contributed by atoms with Gasteiger partial charge in [-0.3, -0.25) is 14.9 Å². The molecule has 0 saturated carbocycles. The van der Waals surface area contributed by atoms with Crippen molar-refractivity contribution < 1.29 is 28.7 Å². The number of nitro groups is 1. The van der Waals surface area contributed by atoms with Crippen LogP contribution in [0.3, 0.4) is 0 Å². The van der Waals surface area contributed by atoms with Crippen LogP contribution < -0.4 is 14.2 Å². The normalized spacial score (nSPS) is 11.3. The van der Waals surface area contributed by atoms with Crippen molar-refractivity contribution in [3.05, 3.63) is 106 Å². The molecule has 3 aromatic rings. The minimum absolute atomic E-state index is 0.106. The second-order valence-corrected chi connectivity index (χ2v) is 13.9. The Balaban J connectivity index is 1.36. The topological polar surface area (TPSA) is 105 Å². The fourth-order valence-electron chi connectivity index (χ4n) is 6.03. The van der Waals surface area contributed by atoms with E-state index in [1.54, 1.807) is 12.2 Å². The molecule has 0 amide bonds. The van der Waals surface area contributed by atoms with Crippen molar-refractivity contribution in [2.75, 3.05) is 13.2 Å². The third kappa shape index (κ3) is 18.4. The van der Waals surface area contributed by atoms with E-state index < -0.39 is 22.4 Å². The van der Waals surface area contributed by atoms with Gasteiger partial charge >= 0.3 is 11.7 Å². The van der Waals surface area contributed by atoms with Crippen LogP contribution in [-0.4, -0.2) is 29.9 Å². The molecule has 3 rings (SSSR count). The quantitative estimate of drug-likeness (QED) is 0.0133. The van der Waals surface area contributed by atoms with Gasteiger partial charge in [-0.1, -0.05) is 147 Å². The minimum Gasteiger partial charge on any atom is -0.494 e. The molecule has 0 atom stereocenters. The van der Waals surface area contributed by atoms with Gasteiger partial charge in [0.15, 0.2) is 5.78 Å². The van der Waals surface area contributed by atoms with Crippen LogP contribution in [0, 0.1) is 10.1 Å². The van der Waals surface area contributed by atoms with Crippen molar-refractivity contribution in [3.8, 4) is 17.2 Å². The fourth-order valence-corrected chi connectivity index (χ4v) is 6.03. The largest absolute Gasteiger partial charge is 0.494 e. The van der Waals surface area contributed by atoms with Crippen molar-refractivity contribution in [3.63, 3.8) is 0 Å². The zero-order valence-corrected chi connectivity index (χ0v) is 32.6. The summed E-state index contributed by atoms with van der Waals surface area (Å²) in [7, 11) is 0. The van der Waals surface area contributed by atoms with Gasteiger partial charge in [0.1, 0.15) is 11.5 Å². The maximum absolute atomic E-state index is 12.9. The molecule has 0 spiro atoms. The summed E-state index contributed by atoms with van der Waals surface area (Å²) in [6.45, 7) is 5.76. The van der Waals surface area contributed by atoms with Gasteiger partial charge in [0.25, 0.3) is 0 Å². The van der Waals surface area contributed by atoms with Crippen LogP contribution >= 0.6 is 0 Å². The zero-order chi connectivity index (χ0) is 38.6. The molecule has 0 aliphatic carbocycles. The molecular weight excluding hydrogens is 679 g/mol. The monoisotopic (exact) mass is 739 g/mol. The molecule has 8 nitrogen and oxygen atoms in total. The van der Waals surface area contributed by atoms with Crippen LogP contribution in [0.4, 0.5) is 5.69 Å². The molecule has 0 saturated heterocycles. The van der Waals surface area contributed by atoms with E-state index in [1.807, 2.05) is 48.5 Å². The van der Waals surface area contributed by atoms with Gasteiger partial charge < -0.3 is 14.2 Å². The van der Waals surface area contributed by atoms with Gasteiger partial charge in [0.2, 0.25) is 5.75 Å². The summed E-state index contributed by atoms with van der Waals surface area (Å²) in [4.78, 5) is 36.5. The molecule has 292 valence electrons. The summed E-state index contributed by atoms with van der Waals surface area (Å²) in [5.41, 5.74) is 1.17. The molecule has 0 aliphatic rings. The number of benzene rings is 3. The molecule has 0 fully saturated rings. The van der Waals surface area contributed by atoms with E-state index in [9.17, 15) is 19.7 Å². The van der Waals surface area contributed by atoms with Gasteiger partial charge in [0, 0.05) is 17.7 Å². The van der Waals surface area contributed by atoms with Gasteiger partial charge in [-0.2, -0.15) is 0 Å². The van der Waals surface area contributed by atoms with Gasteiger partial charge in [-0.25, -0.2) is 4.79 Å². The standard InChI is InChI=1S/C46H61NO7/c1-3-5-7-9-10-11-12-13-14-15-16-17-18-20-36-53-41-28-21-38(22-29-41)25-32-44(48)40-27-33-45(43(37-40)47(50)51)54-46(49)34-26-39-23-30-42(31-24-39)52-35-19-8-6-4-2/h21-34,37H,3-20,35-36H2,1-2H3/b32-25+,34-26+. The molecule has 0 aliphatic heterocycles. The maximum atomic E-state index is 12.9. The lowest BCUT2D eigenvalue weighted by atomic mass is 10.0. The van der Waals surface area contributed by atoms with E-state index in [0.29, 0.717) is 13.2 Å². The van der Waals surface area contributed by atoms with Crippen LogP contribution in [0.15, 0.2) is 78.9 Å². The van der Waals surface area contributed by atoms with Gasteiger partial charge in [-0.05, 0) is 72.5 Å². The summed E-state index contributed by atoms with van der Waals surface area (Å²) < 4.78 is 16.9. The Hall–Kier alpha value is -4.72. The van der Waals surface area contributed by atoms with Crippen molar-refractivity contribution in [2.45, 2.75) is 129 Å². The summed E-state index contributed by atoms with van der Waals surface area (Å²) >= 11 is 0. The lowest BCUT2D eigenvalue weighted by Gasteiger charge is -2.07. The third-order valence-corrected chi connectivity index (χ3v) is 9.28. The van der Waals surface area contributed by atoms with Crippen molar-refractivity contribution in [1.29, 1.82) is 0 Å². The molecule has 54 heavy (non-hydrogen) atoms. The number of unbranched alkanes of at least 4 members (excludes halogenated alkanes) is 16. The number of carbonyl (C=O) groups excluding carboxylic acids is 2. The van der Waals surface area contributed by atoms with Crippen LogP contribution in [-0.2, 0) is 4.79 Å². The first-order valence-corrected chi connectivity index (χ1v) is 20.3. The molecule has 0 radical (unpaired) electrons. The highest BCUT2D eigenvalue weighted by atomic mass is 16.6. The summed E-state index contributed by atoms with van der Waals surface area (Å²) in [6.07, 6.45) is 28.7.